The van der Waals surface area contributed by atoms with Crippen LogP contribution in [0.2, 0.25) is 0 Å². The molecule has 0 saturated carbocycles. The Kier molecular flexibility index (Phi) is 4.02. The minimum atomic E-state index is -1.00. The third kappa shape index (κ3) is 2.95. The van der Waals surface area contributed by atoms with Crippen molar-refractivity contribution in [3.8, 4) is 0 Å². The van der Waals surface area contributed by atoms with Crippen molar-refractivity contribution in [3.05, 3.63) is 41.3 Å². The molecular formula is C12H12F2N4O2. The van der Waals surface area contributed by atoms with Gasteiger partial charge in [-0.2, -0.15) is 4.98 Å². The highest BCUT2D eigenvalue weighted by Gasteiger charge is 2.21. The Labute approximate surface area is 113 Å². The number of amides is 1. The minimum Gasteiger partial charge on any atom is -0.340 e. The van der Waals surface area contributed by atoms with Crippen LogP contribution in [0.4, 0.5) is 8.78 Å². The van der Waals surface area contributed by atoms with Gasteiger partial charge in [0, 0.05) is 19.5 Å². The summed E-state index contributed by atoms with van der Waals surface area (Å²) in [7, 11) is 0. The molecule has 1 amide bonds. The van der Waals surface area contributed by atoms with Gasteiger partial charge < -0.3 is 9.42 Å². The number of carbonyl (C=O) groups is 1. The van der Waals surface area contributed by atoms with Gasteiger partial charge in [0.15, 0.2) is 17.3 Å². The molecule has 0 aliphatic carbocycles. The van der Waals surface area contributed by atoms with Gasteiger partial charge in [-0.15, -0.1) is 0 Å². The summed E-state index contributed by atoms with van der Waals surface area (Å²) in [6.07, 6.45) is 0.794. The Morgan fingerprint density at radius 2 is 2.20 bits per heavy atom. The number of aryl methyl sites for hydroxylation is 1. The highest BCUT2D eigenvalue weighted by atomic mass is 19.1. The molecule has 0 unspecified atom stereocenters. The fraction of sp³-hybridized carbons (Fsp3) is 0.333. The predicted octanol–water partition coefficient (Wildman–Crippen LogP) is 1.71. The van der Waals surface area contributed by atoms with Gasteiger partial charge in [-0.25, -0.2) is 13.8 Å². The van der Waals surface area contributed by atoms with Crippen LogP contribution in [0.5, 0.6) is 0 Å². The van der Waals surface area contributed by atoms with E-state index < -0.39 is 23.2 Å². The third-order valence-electron chi connectivity index (χ3n) is 2.58. The Balaban J connectivity index is 2.20. The number of aromatic nitrogens is 3. The summed E-state index contributed by atoms with van der Waals surface area (Å²) >= 11 is 0. The van der Waals surface area contributed by atoms with E-state index in [0.29, 0.717) is 24.3 Å². The van der Waals surface area contributed by atoms with Gasteiger partial charge >= 0.3 is 0 Å². The van der Waals surface area contributed by atoms with Gasteiger partial charge in [0.25, 0.3) is 5.91 Å². The third-order valence-corrected chi connectivity index (χ3v) is 2.58. The zero-order chi connectivity index (χ0) is 14.7. The fourth-order valence-corrected chi connectivity index (χ4v) is 1.63. The zero-order valence-corrected chi connectivity index (χ0v) is 10.9. The molecule has 0 aliphatic rings. The molecule has 106 valence electrons. The standard InChI is InChI=1S/C12H12F2N4O2/c1-3-18(6-10-16-7(2)20-17-10)12(19)11-9(14)4-8(13)5-15-11/h4-5H,3,6H2,1-2H3. The van der Waals surface area contributed by atoms with E-state index in [1.54, 1.807) is 13.8 Å². The first-order valence-electron chi connectivity index (χ1n) is 5.90. The second kappa shape index (κ2) is 5.72. The van der Waals surface area contributed by atoms with Crippen LogP contribution in [-0.4, -0.2) is 32.5 Å². The van der Waals surface area contributed by atoms with Crippen LogP contribution in [0.3, 0.4) is 0 Å². The summed E-state index contributed by atoms with van der Waals surface area (Å²) in [5.41, 5.74) is -0.437. The summed E-state index contributed by atoms with van der Waals surface area (Å²) in [4.78, 5) is 20.9. The first-order chi connectivity index (χ1) is 9.51. The van der Waals surface area contributed by atoms with E-state index in [1.807, 2.05) is 0 Å². The summed E-state index contributed by atoms with van der Waals surface area (Å²) in [5.74, 6) is -1.82. The van der Waals surface area contributed by atoms with E-state index in [0.717, 1.165) is 6.20 Å². The molecule has 20 heavy (non-hydrogen) atoms. The number of hydrogen-bond donors (Lipinski definition) is 0. The van der Waals surface area contributed by atoms with Crippen LogP contribution < -0.4 is 0 Å². The van der Waals surface area contributed by atoms with E-state index in [2.05, 4.69) is 15.1 Å². The molecule has 2 heterocycles. The number of hydrogen-bond acceptors (Lipinski definition) is 5. The Hall–Kier alpha value is -2.38. The Morgan fingerprint density at radius 3 is 2.75 bits per heavy atom. The monoisotopic (exact) mass is 282 g/mol. The van der Waals surface area contributed by atoms with Crippen molar-refractivity contribution in [2.75, 3.05) is 6.54 Å². The van der Waals surface area contributed by atoms with Gasteiger partial charge in [-0.05, 0) is 6.92 Å². The average molecular weight is 282 g/mol. The van der Waals surface area contributed by atoms with Crippen molar-refractivity contribution in [2.45, 2.75) is 20.4 Å². The lowest BCUT2D eigenvalue weighted by Crippen LogP contribution is -2.32. The molecule has 2 aromatic rings. The largest absolute Gasteiger partial charge is 0.340 e. The lowest BCUT2D eigenvalue weighted by molar-refractivity contribution is 0.0736. The molecule has 0 N–H and O–H groups in total. The second-order valence-electron chi connectivity index (χ2n) is 4.03. The van der Waals surface area contributed by atoms with Gasteiger partial charge in [0.05, 0.1) is 12.7 Å². The maximum Gasteiger partial charge on any atom is 0.275 e. The van der Waals surface area contributed by atoms with Crippen LogP contribution in [0.25, 0.3) is 0 Å². The SMILES string of the molecule is CCN(Cc1noc(C)n1)C(=O)c1ncc(F)cc1F. The average Bonchev–Trinajstić information content (AvgIpc) is 2.81. The van der Waals surface area contributed by atoms with E-state index in [4.69, 9.17) is 4.52 Å². The molecule has 0 fully saturated rings. The van der Waals surface area contributed by atoms with Crippen molar-refractivity contribution in [2.24, 2.45) is 0 Å². The van der Waals surface area contributed by atoms with Crippen LogP contribution in [0, 0.1) is 18.6 Å². The molecular weight excluding hydrogens is 270 g/mol. The lowest BCUT2D eigenvalue weighted by Gasteiger charge is -2.18. The van der Waals surface area contributed by atoms with Crippen LogP contribution in [0.1, 0.15) is 29.1 Å². The zero-order valence-electron chi connectivity index (χ0n) is 10.9. The normalized spacial score (nSPS) is 10.6. The molecule has 2 rings (SSSR count). The van der Waals surface area contributed by atoms with Crippen molar-refractivity contribution < 1.29 is 18.1 Å². The molecule has 0 bridgehead atoms. The van der Waals surface area contributed by atoms with Crippen LogP contribution >= 0.6 is 0 Å². The van der Waals surface area contributed by atoms with E-state index in [9.17, 15) is 13.6 Å². The quantitative estimate of drug-likeness (QED) is 0.853. The summed E-state index contributed by atoms with van der Waals surface area (Å²) in [6.45, 7) is 3.69. The number of carbonyl (C=O) groups excluding carboxylic acids is 1. The molecule has 0 aromatic carbocycles. The maximum atomic E-state index is 13.5. The van der Waals surface area contributed by atoms with Crippen molar-refractivity contribution >= 4 is 5.91 Å². The summed E-state index contributed by atoms with van der Waals surface area (Å²) < 4.78 is 31.1. The van der Waals surface area contributed by atoms with Crippen molar-refractivity contribution in [3.63, 3.8) is 0 Å². The molecule has 0 saturated heterocycles. The maximum absolute atomic E-state index is 13.5. The molecule has 0 spiro atoms. The highest BCUT2D eigenvalue weighted by Crippen LogP contribution is 2.11. The van der Waals surface area contributed by atoms with Gasteiger partial charge in [0.1, 0.15) is 5.82 Å². The molecule has 0 atom stereocenters. The second-order valence-corrected chi connectivity index (χ2v) is 4.03. The van der Waals surface area contributed by atoms with Gasteiger partial charge in [0.2, 0.25) is 5.89 Å². The molecule has 6 nitrogen and oxygen atoms in total. The molecule has 2 aromatic heterocycles. The number of nitrogens with zero attached hydrogens (tertiary/aromatic N) is 4. The van der Waals surface area contributed by atoms with Crippen LogP contribution in [-0.2, 0) is 6.54 Å². The van der Waals surface area contributed by atoms with Gasteiger partial charge in [-0.1, -0.05) is 5.16 Å². The van der Waals surface area contributed by atoms with E-state index >= 15 is 0 Å². The topological polar surface area (TPSA) is 72.1 Å². The number of halogens is 2. The van der Waals surface area contributed by atoms with Crippen molar-refractivity contribution in [1.29, 1.82) is 0 Å². The smallest absolute Gasteiger partial charge is 0.275 e. The Bertz CT molecular complexity index is 630. The molecule has 0 aliphatic heterocycles. The van der Waals surface area contributed by atoms with Crippen LogP contribution in [0.15, 0.2) is 16.8 Å². The predicted molar refractivity (Wildman–Crippen MR) is 63.6 cm³/mol. The molecule has 8 heteroatoms. The summed E-state index contributed by atoms with van der Waals surface area (Å²) in [6, 6.07) is 0.618. The molecule has 0 radical (unpaired) electrons. The first kappa shape index (κ1) is 14.0. The lowest BCUT2D eigenvalue weighted by atomic mass is 10.3. The van der Waals surface area contributed by atoms with E-state index in [1.165, 1.54) is 4.90 Å². The summed E-state index contributed by atoms with van der Waals surface area (Å²) in [5, 5.41) is 3.66. The number of pyridine rings is 1. The number of rotatable bonds is 4. The van der Waals surface area contributed by atoms with Gasteiger partial charge in [-0.3, -0.25) is 4.79 Å². The fourth-order valence-electron chi connectivity index (χ4n) is 1.63. The minimum absolute atomic E-state index is 0.0607. The van der Waals surface area contributed by atoms with E-state index in [-0.39, 0.29) is 6.54 Å². The first-order valence-corrected chi connectivity index (χ1v) is 5.90. The van der Waals surface area contributed by atoms with Crippen molar-refractivity contribution in [1.82, 2.24) is 20.0 Å². The highest BCUT2D eigenvalue weighted by molar-refractivity contribution is 5.92. The Morgan fingerprint density at radius 1 is 1.45 bits per heavy atom.